The van der Waals surface area contributed by atoms with Gasteiger partial charge in [0.2, 0.25) is 0 Å². The van der Waals surface area contributed by atoms with Gasteiger partial charge >= 0.3 is 0 Å². The van der Waals surface area contributed by atoms with Crippen LogP contribution < -0.4 is 5.32 Å². The van der Waals surface area contributed by atoms with Crippen LogP contribution in [0, 0.1) is 11.3 Å². The highest BCUT2D eigenvalue weighted by Crippen LogP contribution is 2.47. The Labute approximate surface area is 110 Å². The first-order valence-electron chi connectivity index (χ1n) is 6.89. The van der Waals surface area contributed by atoms with Crippen molar-refractivity contribution in [1.29, 1.82) is 0 Å². The summed E-state index contributed by atoms with van der Waals surface area (Å²) in [7, 11) is 1.93. The van der Waals surface area contributed by atoms with Gasteiger partial charge in [-0.25, -0.2) is 0 Å². The molecule has 1 unspecified atom stereocenters. The molecule has 1 aromatic heterocycles. The number of aryl methyl sites for hydroxylation is 1. The van der Waals surface area contributed by atoms with E-state index in [1.807, 2.05) is 13.2 Å². The van der Waals surface area contributed by atoms with Gasteiger partial charge in [0.05, 0.1) is 5.69 Å². The van der Waals surface area contributed by atoms with Crippen molar-refractivity contribution in [3.63, 3.8) is 0 Å². The Morgan fingerprint density at radius 1 is 1.33 bits per heavy atom. The molecule has 1 aliphatic rings. The lowest BCUT2D eigenvalue weighted by Gasteiger charge is -2.33. The molecule has 0 spiro atoms. The average molecular weight is 250 g/mol. The lowest BCUT2D eigenvalue weighted by atomic mass is 9.80. The van der Waals surface area contributed by atoms with Gasteiger partial charge in [-0.2, -0.15) is 0 Å². The molecule has 1 atom stereocenters. The summed E-state index contributed by atoms with van der Waals surface area (Å²) >= 11 is 0. The van der Waals surface area contributed by atoms with Crippen LogP contribution in [0.5, 0.6) is 0 Å². The summed E-state index contributed by atoms with van der Waals surface area (Å²) in [6, 6.07) is 0. The number of hydrogen-bond donors (Lipinski definition) is 1. The lowest BCUT2D eigenvalue weighted by Crippen LogP contribution is -2.44. The van der Waals surface area contributed by atoms with E-state index in [-0.39, 0.29) is 5.54 Å². The molecular formula is C14H26N4. The second kappa shape index (κ2) is 4.65. The number of hydrogen-bond acceptors (Lipinski definition) is 3. The Hall–Kier alpha value is -0.900. The van der Waals surface area contributed by atoms with Gasteiger partial charge in [-0.1, -0.05) is 12.1 Å². The number of nitrogens with one attached hydrogen (secondary N) is 1. The van der Waals surface area contributed by atoms with Gasteiger partial charge in [0.1, 0.15) is 0 Å². The van der Waals surface area contributed by atoms with Gasteiger partial charge in [-0.05, 0) is 51.4 Å². The molecule has 0 amide bonds. The largest absolute Gasteiger partial charge is 0.312 e. The Bertz CT molecular complexity index is 400. The van der Waals surface area contributed by atoms with Crippen molar-refractivity contribution >= 4 is 0 Å². The van der Waals surface area contributed by atoms with Crippen molar-refractivity contribution in [3.8, 4) is 0 Å². The molecular weight excluding hydrogens is 224 g/mol. The molecule has 0 aliphatic heterocycles. The van der Waals surface area contributed by atoms with Crippen LogP contribution in [-0.2, 0) is 13.5 Å². The monoisotopic (exact) mass is 250 g/mol. The van der Waals surface area contributed by atoms with E-state index in [0.717, 1.165) is 24.6 Å². The number of rotatable bonds is 5. The molecule has 1 N–H and O–H groups in total. The number of nitrogens with zero attached hydrogens (tertiary/aromatic N) is 3. The molecule has 18 heavy (non-hydrogen) atoms. The highest BCUT2D eigenvalue weighted by molar-refractivity contribution is 5.04. The van der Waals surface area contributed by atoms with Crippen LogP contribution in [0.3, 0.4) is 0 Å². The van der Waals surface area contributed by atoms with Gasteiger partial charge in [0.15, 0.2) is 0 Å². The molecule has 0 radical (unpaired) electrons. The predicted molar refractivity (Wildman–Crippen MR) is 73.3 cm³/mol. The maximum absolute atomic E-state index is 4.24. The zero-order chi connectivity index (χ0) is 13.4. The Morgan fingerprint density at radius 3 is 2.44 bits per heavy atom. The molecule has 1 aromatic rings. The summed E-state index contributed by atoms with van der Waals surface area (Å²) in [5.41, 5.74) is 1.60. The van der Waals surface area contributed by atoms with Crippen LogP contribution in [0.4, 0.5) is 0 Å². The third-order valence-electron chi connectivity index (χ3n) is 3.82. The lowest BCUT2D eigenvalue weighted by molar-refractivity contribution is 0.226. The Kier molecular flexibility index (Phi) is 3.49. The van der Waals surface area contributed by atoms with Gasteiger partial charge in [-0.15, -0.1) is 5.10 Å². The van der Waals surface area contributed by atoms with E-state index in [0.29, 0.717) is 5.41 Å². The minimum atomic E-state index is 0.179. The fourth-order valence-corrected chi connectivity index (χ4v) is 2.49. The highest BCUT2D eigenvalue weighted by Gasteiger charge is 2.42. The maximum Gasteiger partial charge on any atom is 0.0833 e. The molecule has 1 aliphatic carbocycles. The average Bonchev–Trinajstić information content (AvgIpc) is 3.01. The molecule has 0 aromatic carbocycles. The van der Waals surface area contributed by atoms with E-state index in [2.05, 4.69) is 43.3 Å². The van der Waals surface area contributed by atoms with Crippen molar-refractivity contribution < 1.29 is 0 Å². The molecule has 1 saturated carbocycles. The summed E-state index contributed by atoms with van der Waals surface area (Å²) in [6.45, 7) is 10.1. The smallest absolute Gasteiger partial charge is 0.0833 e. The van der Waals surface area contributed by atoms with Gasteiger partial charge < -0.3 is 5.32 Å². The highest BCUT2D eigenvalue weighted by atomic mass is 15.4. The van der Waals surface area contributed by atoms with Crippen LogP contribution >= 0.6 is 0 Å². The Balaban J connectivity index is 2.02. The minimum Gasteiger partial charge on any atom is -0.312 e. The van der Waals surface area contributed by atoms with Crippen LogP contribution in [0.25, 0.3) is 0 Å². The molecule has 4 nitrogen and oxygen atoms in total. The molecule has 0 saturated heterocycles. The summed E-state index contributed by atoms with van der Waals surface area (Å²) in [6.07, 6.45) is 5.79. The molecule has 102 valence electrons. The summed E-state index contributed by atoms with van der Waals surface area (Å²) in [5, 5.41) is 11.9. The van der Waals surface area contributed by atoms with Gasteiger partial charge in [0, 0.05) is 25.3 Å². The SMILES string of the molecule is Cn1cc(CC(C)(CNC(C)(C)C)C2CC2)nn1. The van der Waals surface area contributed by atoms with Crippen molar-refractivity contribution in [1.82, 2.24) is 20.3 Å². The van der Waals surface area contributed by atoms with Crippen molar-refractivity contribution in [2.75, 3.05) is 6.54 Å². The number of aromatic nitrogens is 3. The van der Waals surface area contributed by atoms with E-state index in [1.165, 1.54) is 12.8 Å². The summed E-state index contributed by atoms with van der Waals surface area (Å²) in [4.78, 5) is 0. The zero-order valence-electron chi connectivity index (χ0n) is 12.3. The van der Waals surface area contributed by atoms with Crippen molar-refractivity contribution in [2.24, 2.45) is 18.4 Å². The molecule has 1 fully saturated rings. The summed E-state index contributed by atoms with van der Waals surface area (Å²) < 4.78 is 1.79. The molecule has 0 bridgehead atoms. The van der Waals surface area contributed by atoms with Crippen LogP contribution in [0.15, 0.2) is 6.20 Å². The first kappa shape index (κ1) is 13.5. The van der Waals surface area contributed by atoms with Crippen LogP contribution in [0.1, 0.15) is 46.2 Å². The maximum atomic E-state index is 4.24. The van der Waals surface area contributed by atoms with E-state index in [9.17, 15) is 0 Å². The van der Waals surface area contributed by atoms with Gasteiger partial charge in [-0.3, -0.25) is 4.68 Å². The van der Waals surface area contributed by atoms with E-state index in [1.54, 1.807) is 4.68 Å². The fraction of sp³-hybridized carbons (Fsp3) is 0.857. The third kappa shape index (κ3) is 3.55. The second-order valence-electron chi connectivity index (χ2n) is 7.09. The fourth-order valence-electron chi connectivity index (χ4n) is 2.49. The normalized spacial score (nSPS) is 19.8. The first-order valence-corrected chi connectivity index (χ1v) is 6.89. The van der Waals surface area contributed by atoms with Crippen LogP contribution in [-0.4, -0.2) is 27.1 Å². The summed E-state index contributed by atoms with van der Waals surface area (Å²) in [5.74, 6) is 0.842. The van der Waals surface area contributed by atoms with Crippen LogP contribution in [0.2, 0.25) is 0 Å². The quantitative estimate of drug-likeness (QED) is 0.871. The van der Waals surface area contributed by atoms with Gasteiger partial charge in [0.25, 0.3) is 0 Å². The van der Waals surface area contributed by atoms with E-state index >= 15 is 0 Å². The molecule has 4 heteroatoms. The minimum absolute atomic E-state index is 0.179. The first-order chi connectivity index (χ1) is 8.28. The van der Waals surface area contributed by atoms with Crippen molar-refractivity contribution in [2.45, 2.75) is 52.5 Å². The third-order valence-corrected chi connectivity index (χ3v) is 3.82. The standard InChI is InChI=1S/C14H26N4/c1-13(2,3)15-10-14(4,11-6-7-11)8-12-9-18(5)17-16-12/h9,11,15H,6-8,10H2,1-5H3. The predicted octanol–water partition coefficient (Wildman–Crippen LogP) is 2.16. The van der Waals surface area contributed by atoms with E-state index < -0.39 is 0 Å². The molecule has 2 rings (SSSR count). The Morgan fingerprint density at radius 2 is 2.00 bits per heavy atom. The van der Waals surface area contributed by atoms with E-state index in [4.69, 9.17) is 0 Å². The topological polar surface area (TPSA) is 42.7 Å². The second-order valence-corrected chi connectivity index (χ2v) is 7.09. The molecule has 1 heterocycles. The zero-order valence-corrected chi connectivity index (χ0v) is 12.3. The van der Waals surface area contributed by atoms with Crippen molar-refractivity contribution in [3.05, 3.63) is 11.9 Å².